The molecule has 218 valence electrons. The highest BCUT2D eigenvalue weighted by Crippen LogP contribution is 2.10. The summed E-state index contributed by atoms with van der Waals surface area (Å²) in [6, 6.07) is 2.08. The third kappa shape index (κ3) is 7.91. The predicted octanol–water partition coefficient (Wildman–Crippen LogP) is -3.44. The third-order valence-corrected chi connectivity index (χ3v) is 5.05. The number of imide groups is 2. The third-order valence-electron chi connectivity index (χ3n) is 5.05. The van der Waals surface area contributed by atoms with Gasteiger partial charge in [0.25, 0.3) is 11.8 Å². The Morgan fingerprint density at radius 1 is 0.825 bits per heavy atom. The van der Waals surface area contributed by atoms with Gasteiger partial charge in [0.1, 0.15) is 5.75 Å². The summed E-state index contributed by atoms with van der Waals surface area (Å²) in [4.78, 5) is 80.2. The Bertz CT molecular complexity index is 1100. The van der Waals surface area contributed by atoms with E-state index in [-0.39, 0.29) is 11.7 Å². The number of phenols is 1. The van der Waals surface area contributed by atoms with E-state index in [1.165, 1.54) is 24.3 Å². The number of nitrogens with one attached hydrogen (secondary N) is 8. The van der Waals surface area contributed by atoms with E-state index in [4.69, 9.17) is 9.84 Å². The summed E-state index contributed by atoms with van der Waals surface area (Å²) < 4.78 is 4.90. The van der Waals surface area contributed by atoms with Gasteiger partial charge >= 0.3 is 30.1 Å². The summed E-state index contributed by atoms with van der Waals surface area (Å²) in [5.74, 6) is -2.17. The van der Waals surface area contributed by atoms with E-state index in [0.717, 1.165) is 6.42 Å². The molecule has 0 bridgehead atoms. The molecule has 40 heavy (non-hydrogen) atoms. The fourth-order valence-electron chi connectivity index (χ4n) is 3.02. The molecular weight excluding hydrogens is 540 g/mol. The molecule has 10 amide bonds. The van der Waals surface area contributed by atoms with Crippen molar-refractivity contribution in [3.05, 3.63) is 29.8 Å². The van der Waals surface area contributed by atoms with Gasteiger partial charge in [0.05, 0.1) is 32.1 Å². The molecule has 2 fully saturated rings. The smallest absolute Gasteiger partial charge is 0.338 e. The highest BCUT2D eigenvalue weighted by Gasteiger charge is 2.48. The maximum Gasteiger partial charge on any atom is 0.338 e. The Balaban J connectivity index is 0.000000360. The molecule has 0 radical (unpaired) electrons. The molecule has 0 aromatic heterocycles. The minimum atomic E-state index is -2.06. The fourth-order valence-corrected chi connectivity index (χ4v) is 3.02. The topological polar surface area (TPSA) is 286 Å². The Labute approximate surface area is 225 Å². The molecule has 1 aromatic rings. The second-order valence-corrected chi connectivity index (χ2v) is 8.06. The van der Waals surface area contributed by atoms with Gasteiger partial charge in [0, 0.05) is 0 Å². The van der Waals surface area contributed by atoms with E-state index in [1.54, 1.807) is 0 Å². The molecule has 2 atom stereocenters. The van der Waals surface area contributed by atoms with Gasteiger partial charge < -0.3 is 52.0 Å². The largest absolute Gasteiger partial charge is 0.508 e. The van der Waals surface area contributed by atoms with E-state index in [2.05, 4.69) is 10.6 Å². The van der Waals surface area contributed by atoms with Gasteiger partial charge in [-0.2, -0.15) is 0 Å². The molecule has 2 aliphatic rings. The number of phenolic OH excluding ortho intramolecular Hbond substituents is 1. The number of aliphatic hydroxyl groups excluding tert-OH is 2. The first-order valence-electron chi connectivity index (χ1n) is 11.5. The van der Waals surface area contributed by atoms with E-state index >= 15 is 0 Å². The Hall–Kier alpha value is -5.17. The lowest BCUT2D eigenvalue weighted by Crippen LogP contribution is -2.66. The number of esters is 1. The number of urea groups is 4. The highest BCUT2D eigenvalue weighted by molar-refractivity contribution is 6.09. The van der Waals surface area contributed by atoms with Crippen LogP contribution in [0.2, 0.25) is 0 Å². The van der Waals surface area contributed by atoms with Crippen LogP contribution in [0.25, 0.3) is 0 Å². The van der Waals surface area contributed by atoms with Crippen molar-refractivity contribution in [2.45, 2.75) is 24.7 Å². The van der Waals surface area contributed by atoms with E-state index in [0.29, 0.717) is 12.2 Å². The van der Waals surface area contributed by atoms with Crippen LogP contribution in [0.1, 0.15) is 23.7 Å². The van der Waals surface area contributed by atoms with Crippen LogP contribution in [0, 0.1) is 0 Å². The number of rotatable bonds is 9. The normalized spacial score (nSPS) is 21.0. The zero-order valence-electron chi connectivity index (χ0n) is 21.0. The zero-order valence-corrected chi connectivity index (χ0v) is 21.0. The minimum Gasteiger partial charge on any atom is -0.508 e. The second-order valence-electron chi connectivity index (χ2n) is 8.06. The fraction of sp³-hybridized carbons (Fsp3) is 0.381. The van der Waals surface area contributed by atoms with Crippen molar-refractivity contribution >= 4 is 41.9 Å². The molecule has 3 rings (SSSR count). The molecule has 19 heteroatoms. The molecular formula is C21H28N8O11. The standard InChI is InChI=1S/C11H16N8O8.C10H12O3/c20-1-10(4(22)14-8(26)18-10)16-6(24)12-3-13-7(25)17-11(2-21)5(23)15-9(27)19-11;1-2-7-13-10(12)8-3-5-9(11)6-4-8/h20-21H,1-3H2,(H2,12,16,24)(H2,13,17,25)(H2,14,18,22,26)(H2,15,19,23,27);3-6,11H,2,7H2,1H3. The average molecular weight is 569 g/mol. The van der Waals surface area contributed by atoms with Gasteiger partial charge in [-0.15, -0.1) is 0 Å². The van der Waals surface area contributed by atoms with Crippen molar-refractivity contribution in [2.75, 3.05) is 26.5 Å². The summed E-state index contributed by atoms with van der Waals surface area (Å²) in [6.07, 6.45) is 0.809. The van der Waals surface area contributed by atoms with Crippen molar-refractivity contribution in [3.8, 4) is 5.75 Å². The Kier molecular flexibility index (Phi) is 10.5. The van der Waals surface area contributed by atoms with Crippen LogP contribution < -0.4 is 42.5 Å². The van der Waals surface area contributed by atoms with Crippen LogP contribution in [0.5, 0.6) is 5.75 Å². The zero-order chi connectivity index (χ0) is 29.9. The second kappa shape index (κ2) is 13.6. The van der Waals surface area contributed by atoms with E-state index in [9.17, 15) is 43.8 Å². The summed E-state index contributed by atoms with van der Waals surface area (Å²) in [6.45, 7) is -0.0187. The molecule has 11 N–H and O–H groups in total. The maximum atomic E-state index is 11.8. The molecule has 0 spiro atoms. The van der Waals surface area contributed by atoms with Crippen molar-refractivity contribution in [3.63, 3.8) is 0 Å². The van der Waals surface area contributed by atoms with Gasteiger partial charge in [0.2, 0.25) is 11.3 Å². The lowest BCUT2D eigenvalue weighted by molar-refractivity contribution is -0.126. The summed E-state index contributed by atoms with van der Waals surface area (Å²) in [5, 5.41) is 43.4. The highest BCUT2D eigenvalue weighted by atomic mass is 16.5. The average Bonchev–Trinajstić information content (AvgIpc) is 3.35. The number of hydrogen-bond acceptors (Lipinski definition) is 11. The number of ether oxygens (including phenoxy) is 1. The Morgan fingerprint density at radius 3 is 1.62 bits per heavy atom. The van der Waals surface area contributed by atoms with E-state index < -0.39 is 67.1 Å². The predicted molar refractivity (Wildman–Crippen MR) is 130 cm³/mol. The van der Waals surface area contributed by atoms with Crippen LogP contribution in [0.3, 0.4) is 0 Å². The first kappa shape index (κ1) is 31.1. The SMILES string of the molecule is CCCOC(=O)c1ccc(O)cc1.O=C(NCNC(=O)NC1(CO)NC(=O)NC1=O)NC1(CO)NC(=O)NC1=O. The molecule has 19 nitrogen and oxygen atoms in total. The van der Waals surface area contributed by atoms with Crippen LogP contribution >= 0.6 is 0 Å². The molecule has 0 aliphatic carbocycles. The number of carbonyl (C=O) groups excluding carboxylic acids is 7. The number of amides is 10. The van der Waals surface area contributed by atoms with Crippen molar-refractivity contribution < 1.29 is 53.6 Å². The number of hydrogen-bond donors (Lipinski definition) is 11. The molecule has 0 saturated carbocycles. The molecule has 2 heterocycles. The quantitative estimate of drug-likeness (QED) is 0.0791. The number of aliphatic hydroxyl groups is 2. The monoisotopic (exact) mass is 568 g/mol. The van der Waals surface area contributed by atoms with Crippen LogP contribution in [0.15, 0.2) is 24.3 Å². The van der Waals surface area contributed by atoms with Crippen molar-refractivity contribution in [2.24, 2.45) is 0 Å². The molecule has 2 saturated heterocycles. The van der Waals surface area contributed by atoms with E-state index in [1.807, 2.05) is 38.8 Å². The lowest BCUT2D eigenvalue weighted by atomic mass is 10.2. The maximum absolute atomic E-state index is 11.8. The minimum absolute atomic E-state index is 0.145. The van der Waals surface area contributed by atoms with Gasteiger partial charge in [-0.05, 0) is 30.7 Å². The summed E-state index contributed by atoms with van der Waals surface area (Å²) in [7, 11) is 0. The van der Waals surface area contributed by atoms with Crippen LogP contribution in [-0.2, 0) is 14.3 Å². The lowest BCUT2D eigenvalue weighted by Gasteiger charge is -2.26. The van der Waals surface area contributed by atoms with Gasteiger partial charge in [-0.25, -0.2) is 24.0 Å². The van der Waals surface area contributed by atoms with Gasteiger partial charge in [-0.1, -0.05) is 6.92 Å². The number of benzene rings is 1. The van der Waals surface area contributed by atoms with Crippen LogP contribution in [-0.4, -0.2) is 95.0 Å². The van der Waals surface area contributed by atoms with Crippen LogP contribution in [0.4, 0.5) is 19.2 Å². The Morgan fingerprint density at radius 2 is 1.27 bits per heavy atom. The first-order chi connectivity index (χ1) is 18.9. The molecule has 2 aliphatic heterocycles. The summed E-state index contributed by atoms with van der Waals surface area (Å²) >= 11 is 0. The summed E-state index contributed by atoms with van der Waals surface area (Å²) in [5.41, 5.74) is -3.65. The first-order valence-corrected chi connectivity index (χ1v) is 11.5. The molecule has 2 unspecified atom stereocenters. The molecule has 1 aromatic carbocycles. The van der Waals surface area contributed by atoms with Gasteiger partial charge in [0.15, 0.2) is 0 Å². The van der Waals surface area contributed by atoms with Crippen molar-refractivity contribution in [1.82, 2.24) is 42.5 Å². The number of aromatic hydroxyl groups is 1. The van der Waals surface area contributed by atoms with Gasteiger partial charge in [-0.3, -0.25) is 20.2 Å². The van der Waals surface area contributed by atoms with Crippen molar-refractivity contribution in [1.29, 1.82) is 0 Å². The number of carbonyl (C=O) groups is 7.